The Hall–Kier alpha value is -3.10. The topological polar surface area (TPSA) is 89.9 Å². The predicted octanol–water partition coefficient (Wildman–Crippen LogP) is 3.43. The lowest BCUT2D eigenvalue weighted by Gasteiger charge is -2.24. The molecule has 5 rings (SSSR count). The molecule has 0 saturated carbocycles. The molecule has 0 aliphatic carbocycles. The molecule has 0 unspecified atom stereocenters. The van der Waals surface area contributed by atoms with Crippen molar-refractivity contribution < 1.29 is 4.52 Å². The molecule has 8 nitrogen and oxygen atoms in total. The van der Waals surface area contributed by atoms with E-state index in [9.17, 15) is 4.79 Å². The van der Waals surface area contributed by atoms with Crippen molar-refractivity contribution in [1.29, 1.82) is 0 Å². The van der Waals surface area contributed by atoms with E-state index in [2.05, 4.69) is 20.0 Å². The second-order valence-corrected chi connectivity index (χ2v) is 8.91. The number of aryl methyl sites for hydroxylation is 1. The number of halogens is 1. The Labute approximate surface area is 196 Å². The van der Waals surface area contributed by atoms with Gasteiger partial charge in [0.25, 0.3) is 5.56 Å². The molecule has 9 heteroatoms. The van der Waals surface area contributed by atoms with Gasteiger partial charge >= 0.3 is 0 Å². The summed E-state index contributed by atoms with van der Waals surface area (Å²) in [5.41, 5.74) is 1.84. The third-order valence-electron chi connectivity index (χ3n) is 6.19. The second kappa shape index (κ2) is 9.41. The van der Waals surface area contributed by atoms with Crippen molar-refractivity contribution in [1.82, 2.24) is 29.8 Å². The Bertz CT molecular complexity index is 1320. The van der Waals surface area contributed by atoms with E-state index in [0.29, 0.717) is 41.5 Å². The van der Waals surface area contributed by atoms with Gasteiger partial charge in [-0.1, -0.05) is 28.9 Å². The van der Waals surface area contributed by atoms with Gasteiger partial charge in [0, 0.05) is 48.2 Å². The standard InChI is InChI=1S/C24H25ClN6O2/c1-16-27-23(33-29-16)9-12-30-11-2-3-19(30)15-31-24(32)20-8-10-26-14-21(20)22(28-31)13-17-4-6-18(25)7-5-17/h4-8,10,14,19H,2-3,9,11-13,15H2,1H3/t19-/m1/s1. The van der Waals surface area contributed by atoms with E-state index in [1.54, 1.807) is 23.1 Å². The van der Waals surface area contributed by atoms with Crippen LogP contribution < -0.4 is 5.56 Å². The molecule has 0 spiro atoms. The van der Waals surface area contributed by atoms with E-state index in [4.69, 9.17) is 21.2 Å². The molecule has 1 aliphatic heterocycles. The molecule has 0 N–H and O–H groups in total. The zero-order valence-electron chi connectivity index (χ0n) is 18.4. The summed E-state index contributed by atoms with van der Waals surface area (Å²) >= 11 is 6.04. The van der Waals surface area contributed by atoms with Crippen LogP contribution in [-0.4, -0.2) is 48.9 Å². The summed E-state index contributed by atoms with van der Waals surface area (Å²) in [5, 5.41) is 10.8. The van der Waals surface area contributed by atoms with Gasteiger partial charge in [-0.2, -0.15) is 10.1 Å². The van der Waals surface area contributed by atoms with Crippen LogP contribution in [0.25, 0.3) is 10.8 Å². The molecule has 1 aliphatic rings. The van der Waals surface area contributed by atoms with Gasteiger partial charge in [-0.25, -0.2) is 4.68 Å². The van der Waals surface area contributed by atoms with Gasteiger partial charge in [-0.05, 0) is 50.1 Å². The summed E-state index contributed by atoms with van der Waals surface area (Å²) < 4.78 is 6.89. The molecular weight excluding hydrogens is 440 g/mol. The lowest BCUT2D eigenvalue weighted by Crippen LogP contribution is -2.38. The van der Waals surface area contributed by atoms with Gasteiger partial charge in [0.05, 0.1) is 17.6 Å². The fourth-order valence-corrected chi connectivity index (χ4v) is 4.65. The summed E-state index contributed by atoms with van der Waals surface area (Å²) in [4.78, 5) is 24.2. The first-order valence-electron chi connectivity index (χ1n) is 11.2. The van der Waals surface area contributed by atoms with Crippen molar-refractivity contribution in [3.63, 3.8) is 0 Å². The van der Waals surface area contributed by atoms with Crippen LogP contribution in [0.4, 0.5) is 0 Å². The highest BCUT2D eigenvalue weighted by Crippen LogP contribution is 2.21. The number of likely N-dealkylation sites (tertiary alicyclic amines) is 1. The molecule has 170 valence electrons. The molecule has 3 aromatic heterocycles. The molecule has 1 atom stereocenters. The summed E-state index contributed by atoms with van der Waals surface area (Å²) in [6.07, 6.45) is 6.81. The monoisotopic (exact) mass is 464 g/mol. The molecule has 1 saturated heterocycles. The molecule has 4 aromatic rings. The molecule has 33 heavy (non-hydrogen) atoms. The largest absolute Gasteiger partial charge is 0.339 e. The van der Waals surface area contributed by atoms with Crippen molar-refractivity contribution in [2.75, 3.05) is 13.1 Å². The van der Waals surface area contributed by atoms with Gasteiger partial charge in [0.1, 0.15) is 0 Å². The Balaban J connectivity index is 1.40. The number of aromatic nitrogens is 5. The van der Waals surface area contributed by atoms with Crippen molar-refractivity contribution in [2.45, 2.75) is 45.2 Å². The Morgan fingerprint density at radius 3 is 2.82 bits per heavy atom. The lowest BCUT2D eigenvalue weighted by molar-refractivity contribution is 0.219. The van der Waals surface area contributed by atoms with E-state index in [0.717, 1.165) is 42.6 Å². The number of hydrogen-bond donors (Lipinski definition) is 0. The van der Waals surface area contributed by atoms with Gasteiger partial charge in [0.2, 0.25) is 5.89 Å². The maximum atomic E-state index is 13.3. The third-order valence-corrected chi connectivity index (χ3v) is 6.44. The summed E-state index contributed by atoms with van der Waals surface area (Å²) in [5.74, 6) is 1.30. The summed E-state index contributed by atoms with van der Waals surface area (Å²) in [7, 11) is 0. The third kappa shape index (κ3) is 4.82. The van der Waals surface area contributed by atoms with E-state index in [1.165, 1.54) is 0 Å². The zero-order chi connectivity index (χ0) is 22.8. The normalized spacial score (nSPS) is 16.6. The quantitative estimate of drug-likeness (QED) is 0.414. The van der Waals surface area contributed by atoms with Crippen molar-refractivity contribution in [2.24, 2.45) is 0 Å². The maximum absolute atomic E-state index is 13.3. The highest BCUT2D eigenvalue weighted by Gasteiger charge is 2.26. The molecule has 0 amide bonds. The maximum Gasteiger partial charge on any atom is 0.274 e. The number of hydrogen-bond acceptors (Lipinski definition) is 7. The van der Waals surface area contributed by atoms with Crippen LogP contribution in [0.5, 0.6) is 0 Å². The van der Waals surface area contributed by atoms with Crippen LogP contribution in [0.2, 0.25) is 5.02 Å². The fourth-order valence-electron chi connectivity index (χ4n) is 4.52. The van der Waals surface area contributed by atoms with Crippen LogP contribution in [0.1, 0.15) is 35.8 Å². The minimum atomic E-state index is -0.0772. The second-order valence-electron chi connectivity index (χ2n) is 8.48. The van der Waals surface area contributed by atoms with Gasteiger partial charge in [-0.15, -0.1) is 0 Å². The summed E-state index contributed by atoms with van der Waals surface area (Å²) in [6.45, 7) is 4.17. The summed E-state index contributed by atoms with van der Waals surface area (Å²) in [6, 6.07) is 9.73. The fraction of sp³-hybridized carbons (Fsp3) is 0.375. The van der Waals surface area contributed by atoms with E-state index in [-0.39, 0.29) is 11.6 Å². The van der Waals surface area contributed by atoms with Crippen molar-refractivity contribution in [3.8, 4) is 0 Å². The lowest BCUT2D eigenvalue weighted by atomic mass is 10.1. The smallest absolute Gasteiger partial charge is 0.274 e. The SMILES string of the molecule is Cc1noc(CCN2CCC[C@@H]2Cn2nc(Cc3ccc(Cl)cc3)c3cnccc3c2=O)n1. The Morgan fingerprint density at radius 2 is 2.03 bits per heavy atom. The van der Waals surface area contributed by atoms with E-state index >= 15 is 0 Å². The molecular formula is C24H25ClN6O2. The number of rotatable bonds is 7. The van der Waals surface area contributed by atoms with Gasteiger partial charge in [-0.3, -0.25) is 14.7 Å². The highest BCUT2D eigenvalue weighted by molar-refractivity contribution is 6.30. The Kier molecular flexibility index (Phi) is 6.20. The van der Waals surface area contributed by atoms with E-state index < -0.39 is 0 Å². The molecule has 0 radical (unpaired) electrons. The van der Waals surface area contributed by atoms with Gasteiger partial charge in [0.15, 0.2) is 5.82 Å². The Morgan fingerprint density at radius 1 is 1.18 bits per heavy atom. The highest BCUT2D eigenvalue weighted by atomic mass is 35.5. The zero-order valence-corrected chi connectivity index (χ0v) is 19.2. The number of nitrogens with zero attached hydrogens (tertiary/aromatic N) is 6. The number of pyridine rings is 1. The minimum Gasteiger partial charge on any atom is -0.339 e. The van der Waals surface area contributed by atoms with Crippen LogP contribution in [0.3, 0.4) is 0 Å². The first kappa shape index (κ1) is 21.7. The van der Waals surface area contributed by atoms with Gasteiger partial charge < -0.3 is 4.52 Å². The predicted molar refractivity (Wildman–Crippen MR) is 125 cm³/mol. The van der Waals surface area contributed by atoms with E-state index in [1.807, 2.05) is 31.2 Å². The molecule has 4 heterocycles. The van der Waals surface area contributed by atoms with Crippen molar-refractivity contribution >= 4 is 22.4 Å². The van der Waals surface area contributed by atoms with Crippen LogP contribution in [0, 0.1) is 6.92 Å². The van der Waals surface area contributed by atoms with Crippen LogP contribution >= 0.6 is 11.6 Å². The first-order valence-corrected chi connectivity index (χ1v) is 11.6. The van der Waals surface area contributed by atoms with Crippen LogP contribution in [0.15, 0.2) is 52.0 Å². The molecule has 1 aromatic carbocycles. The average molecular weight is 465 g/mol. The first-order chi connectivity index (χ1) is 16.1. The van der Waals surface area contributed by atoms with Crippen LogP contribution in [-0.2, 0) is 19.4 Å². The van der Waals surface area contributed by atoms with Crippen molar-refractivity contribution in [3.05, 3.63) is 81.1 Å². The average Bonchev–Trinajstić information content (AvgIpc) is 3.45. The molecule has 1 fully saturated rings. The number of benzene rings is 1. The molecule has 0 bridgehead atoms. The number of fused-ring (bicyclic) bond motifs is 1. The minimum absolute atomic E-state index is 0.0772.